The van der Waals surface area contributed by atoms with Crippen molar-refractivity contribution in [2.24, 2.45) is 5.92 Å². The van der Waals surface area contributed by atoms with Gasteiger partial charge in [-0.1, -0.05) is 6.92 Å². The molecule has 1 heterocycles. The first-order valence-corrected chi connectivity index (χ1v) is 6.80. The van der Waals surface area contributed by atoms with E-state index in [0.717, 1.165) is 24.1 Å². The summed E-state index contributed by atoms with van der Waals surface area (Å²) in [5.74, 6) is -0.651. The van der Waals surface area contributed by atoms with Crippen LogP contribution in [0.3, 0.4) is 0 Å². The number of aromatic carboxylic acids is 1. The fourth-order valence-electron chi connectivity index (χ4n) is 2.96. The minimum absolute atomic E-state index is 0.115. The van der Waals surface area contributed by atoms with Crippen molar-refractivity contribution in [3.63, 3.8) is 0 Å². The minimum Gasteiger partial charge on any atom is -0.478 e. The number of aryl methyl sites for hydroxylation is 1. The van der Waals surface area contributed by atoms with Gasteiger partial charge in [-0.2, -0.15) is 0 Å². The molecule has 2 aromatic rings. The van der Waals surface area contributed by atoms with E-state index in [1.165, 1.54) is 18.2 Å². The van der Waals surface area contributed by atoms with E-state index in [2.05, 4.69) is 11.9 Å². The minimum atomic E-state index is -1.05. The maximum absolute atomic E-state index is 11.7. The molecule has 0 aliphatic heterocycles. The molecule has 0 saturated heterocycles. The number of carbonyl (C=O) groups is 1. The van der Waals surface area contributed by atoms with Crippen LogP contribution in [0.5, 0.6) is 0 Å². The van der Waals surface area contributed by atoms with Crippen molar-refractivity contribution in [1.82, 2.24) is 4.98 Å². The summed E-state index contributed by atoms with van der Waals surface area (Å²) in [6.07, 6.45) is 2.39. The van der Waals surface area contributed by atoms with Crippen LogP contribution >= 0.6 is 0 Å². The van der Waals surface area contributed by atoms with Gasteiger partial charge in [0.15, 0.2) is 0 Å². The summed E-state index contributed by atoms with van der Waals surface area (Å²) in [7, 11) is 0. The molecule has 0 radical (unpaired) electrons. The maximum atomic E-state index is 11.7. The Balaban J connectivity index is 2.35. The van der Waals surface area contributed by atoms with E-state index in [0.29, 0.717) is 23.2 Å². The molecule has 6 nitrogen and oxygen atoms in total. The summed E-state index contributed by atoms with van der Waals surface area (Å²) >= 11 is 0. The zero-order valence-corrected chi connectivity index (χ0v) is 11.5. The van der Waals surface area contributed by atoms with E-state index in [1.54, 1.807) is 0 Å². The number of hydrogen-bond acceptors (Lipinski definition) is 4. The summed E-state index contributed by atoms with van der Waals surface area (Å²) in [4.78, 5) is 26.6. The fourth-order valence-corrected chi connectivity index (χ4v) is 2.96. The molecule has 3 rings (SSSR count). The molecule has 6 heteroatoms. The standard InChI is InChI=1S/C15H14N2O4/c1-8-2-4-12-10(6-8)14(15(18)19)11-7-9(17(20)21)3-5-13(11)16-12/h3,5,7-8H,2,4,6H2,1H3,(H,18,19). The van der Waals surface area contributed by atoms with E-state index in [1.807, 2.05) is 0 Å². The maximum Gasteiger partial charge on any atom is 0.336 e. The van der Waals surface area contributed by atoms with Crippen LogP contribution in [-0.4, -0.2) is 21.0 Å². The van der Waals surface area contributed by atoms with Gasteiger partial charge in [0, 0.05) is 23.2 Å². The average molecular weight is 286 g/mol. The van der Waals surface area contributed by atoms with Crippen LogP contribution in [0, 0.1) is 16.0 Å². The number of rotatable bonds is 2. The first-order valence-electron chi connectivity index (χ1n) is 6.80. The van der Waals surface area contributed by atoms with Crippen LogP contribution < -0.4 is 0 Å². The number of carboxylic acid groups (broad SMARTS) is 1. The lowest BCUT2D eigenvalue weighted by atomic mass is 9.84. The van der Waals surface area contributed by atoms with Crippen molar-refractivity contribution in [3.05, 3.63) is 45.1 Å². The number of carboxylic acids is 1. The molecule has 0 amide bonds. The lowest BCUT2D eigenvalue weighted by Gasteiger charge is -2.23. The van der Waals surface area contributed by atoms with Crippen molar-refractivity contribution in [1.29, 1.82) is 0 Å². The highest BCUT2D eigenvalue weighted by molar-refractivity contribution is 6.04. The van der Waals surface area contributed by atoms with Crippen molar-refractivity contribution in [2.75, 3.05) is 0 Å². The Morgan fingerprint density at radius 2 is 2.24 bits per heavy atom. The molecule has 108 valence electrons. The van der Waals surface area contributed by atoms with Crippen LogP contribution in [0.25, 0.3) is 10.9 Å². The van der Waals surface area contributed by atoms with Gasteiger partial charge in [0.1, 0.15) is 0 Å². The Hall–Kier alpha value is -2.50. The van der Waals surface area contributed by atoms with Crippen LogP contribution in [0.2, 0.25) is 0 Å². The molecule has 1 unspecified atom stereocenters. The number of non-ortho nitro benzene ring substituents is 1. The first-order chi connectivity index (χ1) is 9.97. The molecular formula is C15H14N2O4. The molecule has 21 heavy (non-hydrogen) atoms. The van der Waals surface area contributed by atoms with Gasteiger partial charge >= 0.3 is 5.97 Å². The van der Waals surface area contributed by atoms with Gasteiger partial charge in [-0.15, -0.1) is 0 Å². The van der Waals surface area contributed by atoms with E-state index in [4.69, 9.17) is 0 Å². The van der Waals surface area contributed by atoms with Gasteiger partial charge in [0.25, 0.3) is 5.69 Å². The lowest BCUT2D eigenvalue weighted by Crippen LogP contribution is -2.18. The molecule has 1 aromatic carbocycles. The second kappa shape index (κ2) is 4.80. The summed E-state index contributed by atoms with van der Waals surface area (Å²) < 4.78 is 0. The predicted octanol–water partition coefficient (Wildman–Crippen LogP) is 2.97. The monoisotopic (exact) mass is 286 g/mol. The third-order valence-electron chi connectivity index (χ3n) is 4.01. The molecule has 0 fully saturated rings. The first kappa shape index (κ1) is 13.5. The Bertz CT molecular complexity index is 770. The summed E-state index contributed by atoms with van der Waals surface area (Å²) in [6, 6.07) is 4.20. The van der Waals surface area contributed by atoms with Crippen molar-refractivity contribution in [3.8, 4) is 0 Å². The number of fused-ring (bicyclic) bond motifs is 2. The van der Waals surface area contributed by atoms with E-state index in [9.17, 15) is 20.0 Å². The van der Waals surface area contributed by atoms with Crippen LogP contribution in [0.4, 0.5) is 5.69 Å². The number of benzene rings is 1. The van der Waals surface area contributed by atoms with Crippen LogP contribution in [0.1, 0.15) is 35.0 Å². The van der Waals surface area contributed by atoms with Crippen LogP contribution in [-0.2, 0) is 12.8 Å². The van der Waals surface area contributed by atoms with Crippen molar-refractivity contribution >= 4 is 22.6 Å². The normalized spacial score (nSPS) is 17.5. The van der Waals surface area contributed by atoms with Gasteiger partial charge < -0.3 is 5.11 Å². The molecule has 1 N–H and O–H groups in total. The predicted molar refractivity (Wildman–Crippen MR) is 76.5 cm³/mol. The SMILES string of the molecule is CC1CCc2nc3ccc([N+](=O)[O-])cc3c(C(=O)O)c2C1. The van der Waals surface area contributed by atoms with Gasteiger partial charge in [-0.3, -0.25) is 15.1 Å². The fraction of sp³-hybridized carbons (Fsp3) is 0.333. The molecule has 0 saturated carbocycles. The number of nitrogens with zero attached hydrogens (tertiary/aromatic N) is 2. The highest BCUT2D eigenvalue weighted by Gasteiger charge is 2.25. The quantitative estimate of drug-likeness (QED) is 0.676. The number of nitro benzene ring substituents is 1. The Labute approximate surface area is 120 Å². The number of aromatic nitrogens is 1. The second-order valence-electron chi connectivity index (χ2n) is 5.52. The highest BCUT2D eigenvalue weighted by Crippen LogP contribution is 2.33. The lowest BCUT2D eigenvalue weighted by molar-refractivity contribution is -0.384. The number of nitro groups is 1. The van der Waals surface area contributed by atoms with E-state index in [-0.39, 0.29) is 11.3 Å². The third kappa shape index (κ3) is 2.22. The Morgan fingerprint density at radius 1 is 1.48 bits per heavy atom. The van der Waals surface area contributed by atoms with Gasteiger partial charge in [-0.25, -0.2) is 4.79 Å². The molecule has 1 atom stereocenters. The summed E-state index contributed by atoms with van der Waals surface area (Å²) in [6.45, 7) is 2.08. The number of pyridine rings is 1. The molecule has 1 aromatic heterocycles. The average Bonchev–Trinajstić information content (AvgIpc) is 2.43. The van der Waals surface area contributed by atoms with Gasteiger partial charge in [-0.05, 0) is 36.8 Å². The van der Waals surface area contributed by atoms with E-state index < -0.39 is 10.9 Å². The zero-order chi connectivity index (χ0) is 15.1. The van der Waals surface area contributed by atoms with Gasteiger partial charge in [0.05, 0.1) is 16.0 Å². The highest BCUT2D eigenvalue weighted by atomic mass is 16.6. The molecule has 0 spiro atoms. The van der Waals surface area contributed by atoms with Crippen LogP contribution in [0.15, 0.2) is 18.2 Å². The van der Waals surface area contributed by atoms with Crippen molar-refractivity contribution < 1.29 is 14.8 Å². The van der Waals surface area contributed by atoms with Crippen molar-refractivity contribution in [2.45, 2.75) is 26.2 Å². The Kier molecular flexibility index (Phi) is 3.08. The summed E-state index contributed by atoms with van der Waals surface area (Å²) in [5, 5.41) is 20.8. The Morgan fingerprint density at radius 3 is 2.90 bits per heavy atom. The topological polar surface area (TPSA) is 93.3 Å². The third-order valence-corrected chi connectivity index (χ3v) is 4.01. The van der Waals surface area contributed by atoms with Gasteiger partial charge in [0.2, 0.25) is 0 Å². The smallest absolute Gasteiger partial charge is 0.336 e. The van der Waals surface area contributed by atoms with E-state index >= 15 is 0 Å². The molecule has 1 aliphatic rings. The number of hydrogen-bond donors (Lipinski definition) is 1. The second-order valence-corrected chi connectivity index (χ2v) is 5.52. The largest absolute Gasteiger partial charge is 0.478 e. The molecular weight excluding hydrogens is 272 g/mol. The molecule has 1 aliphatic carbocycles. The molecule has 0 bridgehead atoms. The zero-order valence-electron chi connectivity index (χ0n) is 11.5. The summed E-state index contributed by atoms with van der Waals surface area (Å²) in [5.41, 5.74) is 2.10.